The fraction of sp³-hybridized carbons (Fsp3) is 0.143. The highest BCUT2D eigenvalue weighted by Gasteiger charge is 2.15. The molecular formula is C28H24N2O2S. The largest absolute Gasteiger partial charge is 0.462 e. The minimum absolute atomic E-state index is 0.318. The molecule has 0 amide bonds. The quantitative estimate of drug-likeness (QED) is 0.203. The smallest absolute Gasteiger partial charge is 0.338 e. The Hall–Kier alpha value is -3.57. The van der Waals surface area contributed by atoms with Gasteiger partial charge in [-0.15, -0.1) is 0 Å². The lowest BCUT2D eigenvalue weighted by Crippen LogP contribution is -2.04. The topological polar surface area (TPSA) is 44.1 Å². The summed E-state index contributed by atoms with van der Waals surface area (Å²) in [5, 5.41) is 3.44. The first-order valence-electron chi connectivity index (χ1n) is 11.0. The number of benzene rings is 4. The van der Waals surface area contributed by atoms with Crippen LogP contribution in [0.4, 0.5) is 0 Å². The van der Waals surface area contributed by atoms with Gasteiger partial charge in [-0.3, -0.25) is 0 Å². The van der Waals surface area contributed by atoms with E-state index in [4.69, 9.17) is 9.72 Å². The number of hydrogen-bond acceptors (Lipinski definition) is 4. The molecule has 33 heavy (non-hydrogen) atoms. The molecule has 4 nitrogen and oxygen atoms in total. The van der Waals surface area contributed by atoms with Crippen molar-refractivity contribution < 1.29 is 9.53 Å². The molecule has 0 saturated heterocycles. The first kappa shape index (κ1) is 21.3. The molecule has 0 aliphatic carbocycles. The second-order valence-electron chi connectivity index (χ2n) is 7.82. The number of aromatic nitrogens is 2. The molecule has 4 aromatic carbocycles. The molecule has 5 aromatic rings. The molecular weight excluding hydrogens is 428 g/mol. The second-order valence-corrected chi connectivity index (χ2v) is 8.76. The molecule has 1 heterocycles. The molecule has 0 spiro atoms. The Kier molecular flexibility index (Phi) is 6.13. The van der Waals surface area contributed by atoms with Crippen LogP contribution in [0.3, 0.4) is 0 Å². The predicted molar refractivity (Wildman–Crippen MR) is 135 cm³/mol. The maximum Gasteiger partial charge on any atom is 0.338 e. The molecule has 0 N–H and O–H groups in total. The van der Waals surface area contributed by atoms with Crippen LogP contribution in [-0.4, -0.2) is 22.1 Å². The number of carbonyl (C=O) groups is 1. The Morgan fingerprint density at radius 3 is 2.58 bits per heavy atom. The fourth-order valence-corrected chi connectivity index (χ4v) is 5.06. The average Bonchev–Trinajstić information content (AvgIpc) is 3.20. The van der Waals surface area contributed by atoms with Crippen LogP contribution >= 0.6 is 11.8 Å². The molecule has 164 valence electrons. The fourth-order valence-electron chi connectivity index (χ4n) is 4.04. The highest BCUT2D eigenvalue weighted by Crippen LogP contribution is 2.30. The highest BCUT2D eigenvalue weighted by molar-refractivity contribution is 7.98. The van der Waals surface area contributed by atoms with Crippen LogP contribution in [0.1, 0.15) is 28.4 Å². The lowest BCUT2D eigenvalue weighted by molar-refractivity contribution is 0.0526. The van der Waals surface area contributed by atoms with E-state index in [0.29, 0.717) is 18.7 Å². The Bertz CT molecular complexity index is 1420. The monoisotopic (exact) mass is 452 g/mol. The zero-order valence-electron chi connectivity index (χ0n) is 18.4. The third-order valence-electron chi connectivity index (χ3n) is 5.64. The van der Waals surface area contributed by atoms with Crippen molar-refractivity contribution in [1.82, 2.24) is 9.55 Å². The number of fused-ring (bicyclic) bond motifs is 2. The highest BCUT2D eigenvalue weighted by atomic mass is 32.2. The summed E-state index contributed by atoms with van der Waals surface area (Å²) < 4.78 is 7.41. The van der Waals surface area contributed by atoms with Crippen molar-refractivity contribution in [3.8, 4) is 0 Å². The van der Waals surface area contributed by atoms with Gasteiger partial charge in [0.1, 0.15) is 0 Å². The number of nitrogens with zero attached hydrogens (tertiary/aromatic N) is 2. The van der Waals surface area contributed by atoms with Crippen molar-refractivity contribution >= 4 is 39.5 Å². The minimum Gasteiger partial charge on any atom is -0.462 e. The van der Waals surface area contributed by atoms with Gasteiger partial charge in [0.2, 0.25) is 0 Å². The normalized spacial score (nSPS) is 11.2. The lowest BCUT2D eigenvalue weighted by atomic mass is 10.1. The Morgan fingerprint density at radius 1 is 0.939 bits per heavy atom. The molecule has 0 atom stereocenters. The number of esters is 1. The molecule has 1 aromatic heterocycles. The van der Waals surface area contributed by atoms with Gasteiger partial charge < -0.3 is 9.30 Å². The van der Waals surface area contributed by atoms with E-state index in [1.807, 2.05) is 31.2 Å². The average molecular weight is 453 g/mol. The SMILES string of the molecule is CCOC(=O)c1ccc2c(c1)nc(SCc1cccc3ccccc13)n2Cc1ccccc1. The van der Waals surface area contributed by atoms with Gasteiger partial charge in [0.05, 0.1) is 29.7 Å². The second kappa shape index (κ2) is 9.51. The van der Waals surface area contributed by atoms with Gasteiger partial charge in [0, 0.05) is 5.75 Å². The standard InChI is InChI=1S/C28H24N2O2S/c1-2-32-27(31)22-15-16-26-25(17-22)29-28(30(26)18-20-9-4-3-5-10-20)33-19-23-13-8-12-21-11-6-7-14-24(21)23/h3-17H,2,18-19H2,1H3. The number of carbonyl (C=O) groups excluding carboxylic acids is 1. The van der Waals surface area contributed by atoms with Gasteiger partial charge in [-0.1, -0.05) is 84.6 Å². The molecule has 0 aliphatic heterocycles. The number of thioether (sulfide) groups is 1. The Balaban J connectivity index is 1.52. The summed E-state index contributed by atoms with van der Waals surface area (Å²) in [5.41, 5.74) is 4.82. The third-order valence-corrected chi connectivity index (χ3v) is 6.67. The van der Waals surface area contributed by atoms with Crippen LogP contribution in [0.5, 0.6) is 0 Å². The van der Waals surface area contributed by atoms with Crippen molar-refractivity contribution in [2.75, 3.05) is 6.61 Å². The summed E-state index contributed by atoms with van der Waals surface area (Å²) in [7, 11) is 0. The minimum atomic E-state index is -0.318. The number of hydrogen-bond donors (Lipinski definition) is 0. The van der Waals surface area contributed by atoms with Crippen LogP contribution in [0.15, 0.2) is 96.2 Å². The van der Waals surface area contributed by atoms with E-state index in [1.54, 1.807) is 11.8 Å². The summed E-state index contributed by atoms with van der Waals surface area (Å²) in [4.78, 5) is 17.2. The molecule has 0 saturated carbocycles. The van der Waals surface area contributed by atoms with Gasteiger partial charge in [-0.2, -0.15) is 0 Å². The van der Waals surface area contributed by atoms with Crippen LogP contribution in [-0.2, 0) is 17.0 Å². The molecule has 5 heteroatoms. The van der Waals surface area contributed by atoms with Gasteiger partial charge in [-0.25, -0.2) is 9.78 Å². The van der Waals surface area contributed by atoms with Crippen LogP contribution in [0.2, 0.25) is 0 Å². The van der Waals surface area contributed by atoms with Crippen molar-refractivity contribution in [1.29, 1.82) is 0 Å². The van der Waals surface area contributed by atoms with E-state index in [9.17, 15) is 4.79 Å². The first-order valence-corrected chi connectivity index (χ1v) is 12.0. The summed E-state index contributed by atoms with van der Waals surface area (Å²) in [5.74, 6) is 0.492. The number of ether oxygens (including phenoxy) is 1. The molecule has 0 fully saturated rings. The zero-order valence-corrected chi connectivity index (χ0v) is 19.2. The number of imidazole rings is 1. The molecule has 0 unspecified atom stereocenters. The van der Waals surface area contributed by atoms with Crippen LogP contribution in [0, 0.1) is 0 Å². The number of rotatable bonds is 7. The molecule has 5 rings (SSSR count). The molecule has 0 bridgehead atoms. The van der Waals surface area contributed by atoms with Crippen LogP contribution < -0.4 is 0 Å². The third kappa shape index (κ3) is 4.50. The van der Waals surface area contributed by atoms with Gasteiger partial charge in [0.15, 0.2) is 5.16 Å². The Morgan fingerprint density at radius 2 is 1.73 bits per heavy atom. The summed E-state index contributed by atoms with van der Waals surface area (Å²) >= 11 is 1.72. The summed E-state index contributed by atoms with van der Waals surface area (Å²) in [6.45, 7) is 2.88. The van der Waals surface area contributed by atoms with Gasteiger partial charge in [0.25, 0.3) is 0 Å². The first-order chi connectivity index (χ1) is 16.2. The van der Waals surface area contributed by atoms with E-state index in [1.165, 1.54) is 21.9 Å². The maximum atomic E-state index is 12.2. The summed E-state index contributed by atoms with van der Waals surface area (Å²) in [6, 6.07) is 30.9. The molecule has 0 aliphatic rings. The van der Waals surface area contributed by atoms with Crippen LogP contribution in [0.25, 0.3) is 21.8 Å². The van der Waals surface area contributed by atoms with E-state index < -0.39 is 0 Å². The van der Waals surface area contributed by atoms with E-state index >= 15 is 0 Å². The van der Waals surface area contributed by atoms with E-state index in [-0.39, 0.29) is 5.97 Å². The molecule has 0 radical (unpaired) electrons. The van der Waals surface area contributed by atoms with E-state index in [2.05, 4.69) is 71.3 Å². The van der Waals surface area contributed by atoms with Crippen molar-refractivity contribution in [2.24, 2.45) is 0 Å². The Labute approximate surface area is 197 Å². The summed E-state index contributed by atoms with van der Waals surface area (Å²) in [6.07, 6.45) is 0. The van der Waals surface area contributed by atoms with E-state index in [0.717, 1.165) is 21.9 Å². The van der Waals surface area contributed by atoms with Crippen molar-refractivity contribution in [3.63, 3.8) is 0 Å². The van der Waals surface area contributed by atoms with Crippen molar-refractivity contribution in [3.05, 3.63) is 108 Å². The van der Waals surface area contributed by atoms with Crippen molar-refractivity contribution in [2.45, 2.75) is 24.4 Å². The van der Waals surface area contributed by atoms with Gasteiger partial charge >= 0.3 is 5.97 Å². The predicted octanol–water partition coefficient (Wildman–Crippen LogP) is 6.71. The van der Waals surface area contributed by atoms with Gasteiger partial charge in [-0.05, 0) is 47.0 Å². The maximum absolute atomic E-state index is 12.2. The zero-order chi connectivity index (χ0) is 22.6. The lowest BCUT2D eigenvalue weighted by Gasteiger charge is -2.10.